The number of aliphatic imine (C=N–C) groups is 1. The second-order valence-corrected chi connectivity index (χ2v) is 7.54. The molecule has 2 aliphatic rings. The number of hydrogen-bond donors (Lipinski definition) is 0. The van der Waals surface area contributed by atoms with E-state index in [4.69, 9.17) is 9.72 Å². The molecule has 0 bridgehead atoms. The summed E-state index contributed by atoms with van der Waals surface area (Å²) in [6.45, 7) is 3.25. The summed E-state index contributed by atoms with van der Waals surface area (Å²) in [6.07, 6.45) is 3.57. The summed E-state index contributed by atoms with van der Waals surface area (Å²) in [5, 5.41) is 0. The first kappa shape index (κ1) is 19.7. The molecule has 0 aliphatic carbocycles. The molecule has 7 nitrogen and oxygen atoms in total. The van der Waals surface area contributed by atoms with Crippen molar-refractivity contribution in [3.63, 3.8) is 0 Å². The SMILES string of the molecule is CC1CN(c2cccc(-c3cnc4cnc(C(F)(F)F)cn34)n2)CC(C2=CCC=N2)O1. The zero-order chi connectivity index (χ0) is 21.6. The van der Waals surface area contributed by atoms with Crippen molar-refractivity contribution in [3.8, 4) is 11.4 Å². The molecule has 0 N–H and O–H groups in total. The van der Waals surface area contributed by atoms with Gasteiger partial charge >= 0.3 is 6.18 Å². The van der Waals surface area contributed by atoms with E-state index >= 15 is 0 Å². The van der Waals surface area contributed by atoms with Crippen LogP contribution in [0.15, 0.2) is 53.6 Å². The summed E-state index contributed by atoms with van der Waals surface area (Å²) in [4.78, 5) is 18.9. The number of imidazole rings is 1. The largest absolute Gasteiger partial charge is 0.434 e. The number of ether oxygens (including phenoxy) is 1. The zero-order valence-corrected chi connectivity index (χ0v) is 16.6. The summed E-state index contributed by atoms with van der Waals surface area (Å²) in [7, 11) is 0. The third-order valence-corrected chi connectivity index (χ3v) is 5.27. The molecule has 0 amide bonds. The number of pyridine rings is 1. The molecule has 2 aliphatic heterocycles. The van der Waals surface area contributed by atoms with Crippen molar-refractivity contribution in [3.05, 3.63) is 54.3 Å². The van der Waals surface area contributed by atoms with E-state index in [1.54, 1.807) is 6.07 Å². The van der Waals surface area contributed by atoms with Gasteiger partial charge in [-0.05, 0) is 19.1 Å². The van der Waals surface area contributed by atoms with E-state index in [0.717, 1.165) is 30.3 Å². The maximum atomic E-state index is 13.1. The number of fused-ring (bicyclic) bond motifs is 1. The third-order valence-electron chi connectivity index (χ3n) is 5.27. The van der Waals surface area contributed by atoms with Crippen LogP contribution in [0, 0.1) is 0 Å². The van der Waals surface area contributed by atoms with E-state index in [9.17, 15) is 13.2 Å². The van der Waals surface area contributed by atoms with Gasteiger partial charge in [0.1, 0.15) is 11.9 Å². The number of anilines is 1. The molecule has 5 heterocycles. The van der Waals surface area contributed by atoms with Gasteiger partial charge in [-0.25, -0.2) is 15.0 Å². The number of halogens is 3. The van der Waals surface area contributed by atoms with Crippen LogP contribution in [0.5, 0.6) is 0 Å². The Hall–Kier alpha value is -3.27. The van der Waals surface area contributed by atoms with Gasteiger partial charge in [0.15, 0.2) is 11.3 Å². The van der Waals surface area contributed by atoms with Gasteiger partial charge in [-0.1, -0.05) is 12.1 Å². The number of rotatable bonds is 3. The second kappa shape index (κ2) is 7.45. The van der Waals surface area contributed by atoms with Gasteiger partial charge in [-0.2, -0.15) is 13.2 Å². The highest BCUT2D eigenvalue weighted by Crippen LogP contribution is 2.30. The molecule has 31 heavy (non-hydrogen) atoms. The highest BCUT2D eigenvalue weighted by atomic mass is 19.4. The number of morpholine rings is 1. The summed E-state index contributed by atoms with van der Waals surface area (Å²) >= 11 is 0. The van der Waals surface area contributed by atoms with Crippen molar-refractivity contribution in [1.29, 1.82) is 0 Å². The Morgan fingerprint density at radius 3 is 2.77 bits per heavy atom. The molecule has 0 saturated carbocycles. The first-order valence-electron chi connectivity index (χ1n) is 9.89. The number of nitrogens with zero attached hydrogens (tertiary/aromatic N) is 6. The van der Waals surface area contributed by atoms with E-state index < -0.39 is 11.9 Å². The van der Waals surface area contributed by atoms with Crippen LogP contribution in [0.2, 0.25) is 0 Å². The molecule has 1 saturated heterocycles. The van der Waals surface area contributed by atoms with Crippen LogP contribution < -0.4 is 4.90 Å². The minimum absolute atomic E-state index is 0.0166. The van der Waals surface area contributed by atoms with Crippen molar-refractivity contribution >= 4 is 17.7 Å². The zero-order valence-electron chi connectivity index (χ0n) is 16.6. The van der Waals surface area contributed by atoms with Gasteiger partial charge in [-0.15, -0.1) is 0 Å². The van der Waals surface area contributed by atoms with Crippen molar-refractivity contribution < 1.29 is 17.9 Å². The lowest BCUT2D eigenvalue weighted by atomic mass is 10.1. The Labute approximate surface area is 175 Å². The van der Waals surface area contributed by atoms with E-state index in [1.165, 1.54) is 10.6 Å². The fourth-order valence-corrected chi connectivity index (χ4v) is 3.87. The second-order valence-electron chi connectivity index (χ2n) is 7.54. The average molecular weight is 428 g/mol. The molecule has 3 aromatic heterocycles. The number of alkyl halides is 3. The Bertz CT molecular complexity index is 1190. The summed E-state index contributed by atoms with van der Waals surface area (Å²) < 4.78 is 46.8. The molecular formula is C21H19F3N6O. The molecule has 3 aromatic rings. The molecule has 0 aromatic carbocycles. The van der Waals surface area contributed by atoms with Crippen LogP contribution in [-0.4, -0.2) is 50.9 Å². The third kappa shape index (κ3) is 3.78. The highest BCUT2D eigenvalue weighted by Gasteiger charge is 2.33. The van der Waals surface area contributed by atoms with Gasteiger partial charge in [-0.3, -0.25) is 9.39 Å². The Morgan fingerprint density at radius 2 is 2.00 bits per heavy atom. The van der Waals surface area contributed by atoms with E-state index in [0.29, 0.717) is 30.1 Å². The molecule has 0 spiro atoms. The van der Waals surface area contributed by atoms with Crippen LogP contribution in [0.1, 0.15) is 19.0 Å². The van der Waals surface area contributed by atoms with Crippen molar-refractivity contribution in [1.82, 2.24) is 19.4 Å². The minimum atomic E-state index is -4.54. The summed E-state index contributed by atoms with van der Waals surface area (Å²) in [6, 6.07) is 5.48. The van der Waals surface area contributed by atoms with E-state index in [1.807, 2.05) is 25.3 Å². The lowest BCUT2D eigenvalue weighted by Crippen LogP contribution is -2.47. The van der Waals surface area contributed by atoms with Crippen molar-refractivity contribution in [2.24, 2.45) is 4.99 Å². The van der Waals surface area contributed by atoms with Crippen LogP contribution in [0.25, 0.3) is 17.0 Å². The van der Waals surface area contributed by atoms with E-state index in [-0.39, 0.29) is 12.2 Å². The Balaban J connectivity index is 1.48. The molecule has 2 unspecified atom stereocenters. The van der Waals surface area contributed by atoms with Gasteiger partial charge < -0.3 is 9.64 Å². The normalized spacial score (nSPS) is 21.7. The van der Waals surface area contributed by atoms with Crippen LogP contribution >= 0.6 is 0 Å². The Morgan fingerprint density at radius 1 is 1.13 bits per heavy atom. The van der Waals surface area contributed by atoms with Gasteiger partial charge in [0.25, 0.3) is 0 Å². The summed E-state index contributed by atoms with van der Waals surface area (Å²) in [5.74, 6) is 0.722. The minimum Gasteiger partial charge on any atom is -0.365 e. The molecule has 160 valence electrons. The molecule has 1 fully saturated rings. The van der Waals surface area contributed by atoms with Gasteiger partial charge in [0.2, 0.25) is 0 Å². The van der Waals surface area contributed by atoms with Crippen molar-refractivity contribution in [2.75, 3.05) is 18.0 Å². The highest BCUT2D eigenvalue weighted by molar-refractivity contribution is 5.65. The van der Waals surface area contributed by atoms with Gasteiger partial charge in [0, 0.05) is 25.4 Å². The number of allylic oxidation sites excluding steroid dienone is 1. The molecule has 2 atom stereocenters. The van der Waals surface area contributed by atoms with Crippen LogP contribution in [0.4, 0.5) is 19.0 Å². The van der Waals surface area contributed by atoms with Crippen LogP contribution in [0.3, 0.4) is 0 Å². The lowest BCUT2D eigenvalue weighted by Gasteiger charge is -2.37. The Kier molecular flexibility index (Phi) is 4.73. The first-order chi connectivity index (χ1) is 14.9. The predicted octanol–water partition coefficient (Wildman–Crippen LogP) is 3.76. The monoisotopic (exact) mass is 428 g/mol. The molecule has 0 radical (unpaired) electrons. The molecular weight excluding hydrogens is 409 g/mol. The van der Waals surface area contributed by atoms with E-state index in [2.05, 4.69) is 25.9 Å². The fraction of sp³-hybridized carbons (Fsp3) is 0.333. The maximum absolute atomic E-state index is 13.1. The quantitative estimate of drug-likeness (QED) is 0.636. The standard InChI is InChI=1S/C21H19F3N6O/c1-13-10-29(11-17(31-13)15-5-3-7-25-15)19-6-2-4-14(28-19)16-8-27-20-9-26-18(12-30(16)20)21(22,23)24/h2,4-9,12-13,17H,3,10-11H2,1H3. The topological polar surface area (TPSA) is 67.9 Å². The fourth-order valence-electron chi connectivity index (χ4n) is 3.87. The lowest BCUT2D eigenvalue weighted by molar-refractivity contribution is -0.141. The number of hydrogen-bond acceptors (Lipinski definition) is 6. The predicted molar refractivity (Wildman–Crippen MR) is 109 cm³/mol. The molecule has 5 rings (SSSR count). The smallest absolute Gasteiger partial charge is 0.365 e. The maximum Gasteiger partial charge on any atom is 0.434 e. The van der Waals surface area contributed by atoms with Gasteiger partial charge in [0.05, 0.1) is 42.1 Å². The summed E-state index contributed by atoms with van der Waals surface area (Å²) in [5.41, 5.74) is 1.25. The van der Waals surface area contributed by atoms with Crippen molar-refractivity contribution in [2.45, 2.75) is 31.7 Å². The molecule has 10 heteroatoms. The average Bonchev–Trinajstić information content (AvgIpc) is 3.42. The number of aromatic nitrogens is 4. The van der Waals surface area contributed by atoms with Crippen LogP contribution in [-0.2, 0) is 10.9 Å². The first-order valence-corrected chi connectivity index (χ1v) is 9.89.